The molecule has 1 aromatic rings. The molecular formula is C14H17BrN2O4. The Morgan fingerprint density at radius 3 is 2.57 bits per heavy atom. The molecule has 1 saturated carbocycles. The van der Waals surface area contributed by atoms with Crippen LogP contribution in [0.3, 0.4) is 0 Å². The molecule has 1 heterocycles. The van der Waals surface area contributed by atoms with Gasteiger partial charge in [-0.1, -0.05) is 19.3 Å². The number of carbonyl (C=O) groups is 2. The van der Waals surface area contributed by atoms with Gasteiger partial charge in [0, 0.05) is 16.7 Å². The molecule has 0 unspecified atom stereocenters. The second-order valence-electron chi connectivity index (χ2n) is 5.31. The largest absolute Gasteiger partial charge is 0.480 e. The third kappa shape index (κ3) is 3.72. The molecule has 1 fully saturated rings. The summed E-state index contributed by atoms with van der Waals surface area (Å²) < 4.78 is 1.93. The van der Waals surface area contributed by atoms with E-state index in [2.05, 4.69) is 21.2 Å². The molecular weight excluding hydrogens is 340 g/mol. The number of nitrogens with zero attached hydrogens (tertiary/aromatic N) is 1. The quantitative estimate of drug-likeness (QED) is 0.855. The van der Waals surface area contributed by atoms with Crippen molar-refractivity contribution in [3.63, 3.8) is 0 Å². The number of aromatic nitrogens is 1. The van der Waals surface area contributed by atoms with Crippen LogP contribution in [0.25, 0.3) is 0 Å². The van der Waals surface area contributed by atoms with Gasteiger partial charge in [0.1, 0.15) is 12.1 Å². The Labute approximate surface area is 130 Å². The topological polar surface area (TPSA) is 88.4 Å². The van der Waals surface area contributed by atoms with Crippen LogP contribution in [-0.4, -0.2) is 27.1 Å². The highest BCUT2D eigenvalue weighted by Gasteiger charge is 2.40. The van der Waals surface area contributed by atoms with Crippen molar-refractivity contribution in [2.75, 3.05) is 0 Å². The lowest BCUT2D eigenvalue weighted by Crippen LogP contribution is -2.56. The van der Waals surface area contributed by atoms with Crippen LogP contribution >= 0.6 is 15.9 Å². The third-order valence-electron chi connectivity index (χ3n) is 3.76. The first kappa shape index (κ1) is 15.8. The summed E-state index contributed by atoms with van der Waals surface area (Å²) in [7, 11) is 0. The molecule has 1 aromatic heterocycles. The van der Waals surface area contributed by atoms with Crippen molar-refractivity contribution in [3.05, 3.63) is 33.2 Å². The molecule has 0 saturated heterocycles. The summed E-state index contributed by atoms with van der Waals surface area (Å²) in [6, 6.07) is 2.95. The lowest BCUT2D eigenvalue weighted by Gasteiger charge is -2.34. The standard InChI is InChI=1S/C14H17BrN2O4/c15-10-4-5-12(19)17(8-10)9-11(18)16-14(13(20)21)6-2-1-3-7-14/h4-5,8H,1-3,6-7,9H2,(H,16,18)(H,20,21). The summed E-state index contributed by atoms with van der Waals surface area (Å²) >= 11 is 3.23. The van der Waals surface area contributed by atoms with Crippen LogP contribution in [0.15, 0.2) is 27.6 Å². The van der Waals surface area contributed by atoms with Gasteiger partial charge in [0.15, 0.2) is 0 Å². The van der Waals surface area contributed by atoms with Gasteiger partial charge in [-0.3, -0.25) is 9.59 Å². The summed E-state index contributed by atoms with van der Waals surface area (Å²) in [6.07, 6.45) is 4.92. The van der Waals surface area contributed by atoms with Crippen LogP contribution in [-0.2, 0) is 16.1 Å². The number of carboxylic acids is 1. The van der Waals surface area contributed by atoms with Gasteiger partial charge in [0.25, 0.3) is 5.56 Å². The third-order valence-corrected chi connectivity index (χ3v) is 4.23. The van der Waals surface area contributed by atoms with E-state index in [0.29, 0.717) is 17.3 Å². The number of carboxylic acid groups (broad SMARTS) is 1. The Hall–Kier alpha value is -1.63. The number of hydrogen-bond acceptors (Lipinski definition) is 3. The molecule has 1 aliphatic carbocycles. The van der Waals surface area contributed by atoms with Gasteiger partial charge in [-0.15, -0.1) is 0 Å². The van der Waals surface area contributed by atoms with E-state index in [1.165, 1.54) is 16.8 Å². The highest BCUT2D eigenvalue weighted by molar-refractivity contribution is 9.10. The second-order valence-corrected chi connectivity index (χ2v) is 6.23. The Morgan fingerprint density at radius 1 is 1.29 bits per heavy atom. The molecule has 0 spiro atoms. The van der Waals surface area contributed by atoms with Crippen LogP contribution in [0, 0.1) is 0 Å². The molecule has 21 heavy (non-hydrogen) atoms. The summed E-state index contributed by atoms with van der Waals surface area (Å²) in [5.41, 5.74) is -1.49. The zero-order valence-corrected chi connectivity index (χ0v) is 13.1. The molecule has 0 aliphatic heterocycles. The van der Waals surface area contributed by atoms with Gasteiger partial charge >= 0.3 is 5.97 Å². The van der Waals surface area contributed by atoms with Crippen molar-refractivity contribution in [1.29, 1.82) is 0 Å². The average Bonchev–Trinajstić information content (AvgIpc) is 2.43. The molecule has 0 atom stereocenters. The van der Waals surface area contributed by atoms with Crippen LogP contribution in [0.4, 0.5) is 0 Å². The zero-order chi connectivity index (χ0) is 15.5. The Bertz CT molecular complexity index is 605. The molecule has 2 N–H and O–H groups in total. The average molecular weight is 357 g/mol. The maximum atomic E-state index is 12.1. The normalized spacial score (nSPS) is 17.2. The molecule has 0 aromatic carbocycles. The number of amides is 1. The molecule has 7 heteroatoms. The van der Waals surface area contributed by atoms with E-state index in [4.69, 9.17) is 0 Å². The van der Waals surface area contributed by atoms with Crippen molar-refractivity contribution < 1.29 is 14.7 Å². The van der Waals surface area contributed by atoms with E-state index in [9.17, 15) is 19.5 Å². The highest BCUT2D eigenvalue weighted by atomic mass is 79.9. The number of nitrogens with one attached hydrogen (secondary N) is 1. The van der Waals surface area contributed by atoms with Crippen molar-refractivity contribution in [2.24, 2.45) is 0 Å². The van der Waals surface area contributed by atoms with E-state index in [-0.39, 0.29) is 12.1 Å². The lowest BCUT2D eigenvalue weighted by molar-refractivity contribution is -0.149. The van der Waals surface area contributed by atoms with Crippen LogP contribution in [0.1, 0.15) is 32.1 Å². The predicted molar refractivity (Wildman–Crippen MR) is 80.0 cm³/mol. The minimum absolute atomic E-state index is 0.187. The van der Waals surface area contributed by atoms with Gasteiger partial charge in [-0.2, -0.15) is 0 Å². The van der Waals surface area contributed by atoms with Gasteiger partial charge in [0.2, 0.25) is 5.91 Å². The molecule has 2 rings (SSSR count). The van der Waals surface area contributed by atoms with Crippen molar-refractivity contribution in [2.45, 2.75) is 44.2 Å². The molecule has 114 valence electrons. The van der Waals surface area contributed by atoms with Crippen molar-refractivity contribution in [3.8, 4) is 0 Å². The van der Waals surface area contributed by atoms with Crippen LogP contribution < -0.4 is 10.9 Å². The molecule has 1 amide bonds. The van der Waals surface area contributed by atoms with E-state index in [1.807, 2.05) is 0 Å². The molecule has 1 aliphatic rings. The number of aliphatic carboxylic acids is 1. The zero-order valence-electron chi connectivity index (χ0n) is 11.5. The minimum atomic E-state index is -1.19. The summed E-state index contributed by atoms with van der Waals surface area (Å²) in [6.45, 7) is -0.187. The van der Waals surface area contributed by atoms with Crippen molar-refractivity contribution >= 4 is 27.8 Å². The smallest absolute Gasteiger partial charge is 0.329 e. The van der Waals surface area contributed by atoms with Crippen LogP contribution in [0.5, 0.6) is 0 Å². The fraction of sp³-hybridized carbons (Fsp3) is 0.500. The SMILES string of the molecule is O=C(Cn1cc(Br)ccc1=O)NC1(C(=O)O)CCCCC1. The van der Waals surface area contributed by atoms with E-state index >= 15 is 0 Å². The fourth-order valence-corrected chi connectivity index (χ4v) is 3.01. The predicted octanol–water partition coefficient (Wildman–Crippen LogP) is 1.51. The van der Waals surface area contributed by atoms with E-state index in [0.717, 1.165) is 19.3 Å². The first-order chi connectivity index (χ1) is 9.93. The Kier molecular flexibility index (Phi) is 4.82. The summed E-state index contributed by atoms with van der Waals surface area (Å²) in [4.78, 5) is 35.3. The second kappa shape index (κ2) is 6.43. The number of carbonyl (C=O) groups excluding carboxylic acids is 1. The van der Waals surface area contributed by atoms with Crippen molar-refractivity contribution in [1.82, 2.24) is 9.88 Å². The molecule has 0 radical (unpaired) electrons. The fourth-order valence-electron chi connectivity index (χ4n) is 2.63. The Morgan fingerprint density at radius 2 is 1.95 bits per heavy atom. The van der Waals surface area contributed by atoms with E-state index in [1.54, 1.807) is 6.07 Å². The summed E-state index contributed by atoms with van der Waals surface area (Å²) in [5.74, 6) is -1.46. The maximum Gasteiger partial charge on any atom is 0.329 e. The van der Waals surface area contributed by atoms with Gasteiger partial charge in [-0.25, -0.2) is 4.79 Å². The summed E-state index contributed by atoms with van der Waals surface area (Å²) in [5, 5.41) is 12.0. The van der Waals surface area contributed by atoms with Gasteiger partial charge in [-0.05, 0) is 34.8 Å². The number of halogens is 1. The number of pyridine rings is 1. The first-order valence-electron chi connectivity index (χ1n) is 6.83. The van der Waals surface area contributed by atoms with Crippen LogP contribution in [0.2, 0.25) is 0 Å². The first-order valence-corrected chi connectivity index (χ1v) is 7.63. The number of hydrogen-bond donors (Lipinski definition) is 2. The molecule has 6 nitrogen and oxygen atoms in total. The minimum Gasteiger partial charge on any atom is -0.480 e. The van der Waals surface area contributed by atoms with Gasteiger partial charge < -0.3 is 15.0 Å². The molecule has 0 bridgehead atoms. The monoisotopic (exact) mass is 356 g/mol. The highest BCUT2D eigenvalue weighted by Crippen LogP contribution is 2.28. The lowest BCUT2D eigenvalue weighted by atomic mass is 9.81. The maximum absolute atomic E-state index is 12.1. The Balaban J connectivity index is 2.11. The van der Waals surface area contributed by atoms with Gasteiger partial charge in [0.05, 0.1) is 0 Å². The number of rotatable bonds is 4. The van der Waals surface area contributed by atoms with E-state index < -0.39 is 17.4 Å².